The lowest BCUT2D eigenvalue weighted by Gasteiger charge is -2.21. The molecule has 0 aromatic heterocycles. The van der Waals surface area contributed by atoms with Crippen molar-refractivity contribution in [1.29, 1.82) is 0 Å². The van der Waals surface area contributed by atoms with E-state index < -0.39 is 5.97 Å². The minimum absolute atomic E-state index is 0. The molecule has 0 heterocycles. The number of hydroxylamine groups is 1. The minimum atomic E-state index is -0.741. The molecule has 0 saturated carbocycles. The van der Waals surface area contributed by atoms with Gasteiger partial charge in [-0.2, -0.15) is 0 Å². The molecule has 0 spiro atoms. The summed E-state index contributed by atoms with van der Waals surface area (Å²) in [5.41, 5.74) is 3.75. The van der Waals surface area contributed by atoms with E-state index in [-0.39, 0.29) is 38.7 Å². The average Bonchev–Trinajstić information content (AvgIpc) is 2.94. The number of ketones is 2. The van der Waals surface area contributed by atoms with Gasteiger partial charge in [-0.25, -0.2) is 5.48 Å². The predicted octanol–water partition coefficient (Wildman–Crippen LogP) is 6.68. The van der Waals surface area contributed by atoms with Crippen molar-refractivity contribution in [2.24, 2.45) is 0 Å². The Balaban J connectivity index is 0. The largest absolute Gasteiger partial charge is 0.481 e. The molecule has 0 fully saturated rings. The Hall–Kier alpha value is -3.36. The third kappa shape index (κ3) is 22.3. The lowest BCUT2D eigenvalue weighted by molar-refractivity contribution is -0.137. The summed E-state index contributed by atoms with van der Waals surface area (Å²) >= 11 is 0. The van der Waals surface area contributed by atoms with E-state index in [0.717, 1.165) is 56.4 Å². The van der Waals surface area contributed by atoms with Gasteiger partial charge in [0.25, 0.3) is 0 Å². The normalized spacial score (nSPS) is 9.98. The van der Waals surface area contributed by atoms with Gasteiger partial charge in [0.15, 0.2) is 0 Å². The van der Waals surface area contributed by atoms with Crippen molar-refractivity contribution in [2.45, 2.75) is 98.8 Å². The van der Waals surface area contributed by atoms with Crippen molar-refractivity contribution in [1.82, 2.24) is 10.4 Å². The molecule has 0 aliphatic rings. The van der Waals surface area contributed by atoms with E-state index in [1.165, 1.54) is 0 Å². The van der Waals surface area contributed by atoms with Crippen LogP contribution in [0.5, 0.6) is 0 Å². The van der Waals surface area contributed by atoms with Crippen molar-refractivity contribution >= 4 is 23.4 Å². The van der Waals surface area contributed by atoms with Crippen LogP contribution >= 0.6 is 0 Å². The number of hydrogen-bond donors (Lipinski definition) is 3. The van der Waals surface area contributed by atoms with Gasteiger partial charge in [-0.1, -0.05) is 95.3 Å². The van der Waals surface area contributed by atoms with Crippen LogP contribution in [0, 0.1) is 0 Å². The monoisotopic (exact) mass is 586 g/mol. The van der Waals surface area contributed by atoms with Crippen LogP contribution in [0.3, 0.4) is 0 Å². The van der Waals surface area contributed by atoms with Crippen LogP contribution in [0.4, 0.5) is 0 Å². The first-order chi connectivity index (χ1) is 19.3. The summed E-state index contributed by atoms with van der Waals surface area (Å²) in [6.45, 7) is 4.50. The molecule has 3 N–H and O–H groups in total. The highest BCUT2D eigenvalue weighted by Gasteiger charge is 2.10. The number of Topliss-reactive ketones (excluding diaryl/α,β-unsaturated/α-hetero) is 2. The molecule has 0 radical (unpaired) electrons. The average molecular weight is 587 g/mol. The van der Waals surface area contributed by atoms with Gasteiger partial charge >= 0.3 is 5.97 Å². The van der Waals surface area contributed by atoms with E-state index in [1.807, 2.05) is 60.7 Å². The minimum Gasteiger partial charge on any atom is -0.481 e. The van der Waals surface area contributed by atoms with Crippen LogP contribution in [0.25, 0.3) is 0 Å². The number of carboxylic acids is 1. The zero-order valence-corrected chi connectivity index (χ0v) is 23.9. The molecule has 2 aromatic rings. The van der Waals surface area contributed by atoms with E-state index in [9.17, 15) is 19.2 Å². The molecule has 2 rings (SSSR count). The number of unbranched alkanes of at least 4 members (excludes halogenated alkanes) is 3. The number of hydrogen-bond acceptors (Lipinski definition) is 6. The van der Waals surface area contributed by atoms with E-state index in [0.29, 0.717) is 44.9 Å². The van der Waals surface area contributed by atoms with Crippen molar-refractivity contribution in [3.63, 3.8) is 0 Å². The van der Waals surface area contributed by atoms with Gasteiger partial charge in [0.05, 0.1) is 0 Å². The predicted molar refractivity (Wildman–Crippen MR) is 170 cm³/mol. The zero-order chi connectivity index (χ0) is 29.4. The molecule has 1 amide bonds. The highest BCUT2D eigenvalue weighted by atomic mass is 16.5. The van der Waals surface area contributed by atoms with Crippen LogP contribution in [0.15, 0.2) is 60.7 Å². The van der Waals surface area contributed by atoms with E-state index in [4.69, 9.17) is 10.3 Å². The summed E-state index contributed by atoms with van der Waals surface area (Å²) in [5, 5.41) is 16.9. The lowest BCUT2D eigenvalue weighted by atomic mass is 10.0. The third-order valence-corrected chi connectivity index (χ3v) is 6.33. The maximum Gasteiger partial charge on any atom is 0.303 e. The standard InChI is InChI=1S/C17H26N2O3.C15H20O3.2CH4/c1-2-11-19(12-6-9-17(21)18-22)13-10-16(20)14-15-7-4-3-5-8-15;16-14(12-13-8-4-3-5-9-13)10-6-1-2-7-11-15(17)18;;/h3-5,7-8,22H,2,6,9-14H2,1H3,(H,18,21);3-5,8-9H,1-2,6-7,10-12H2,(H,17,18);2*1H4. The number of carbonyl (C=O) groups excluding carboxylic acids is 3. The fourth-order valence-electron chi connectivity index (χ4n) is 4.23. The Kier molecular flexibility index (Phi) is 25.8. The van der Waals surface area contributed by atoms with Gasteiger partial charge in [-0.3, -0.25) is 24.4 Å². The Bertz CT molecular complexity index is 982. The second kappa shape index (κ2) is 26.5. The smallest absolute Gasteiger partial charge is 0.303 e. The molecule has 0 aliphatic heterocycles. The van der Waals surface area contributed by atoms with Crippen LogP contribution in [0.1, 0.15) is 97.1 Å². The van der Waals surface area contributed by atoms with Gasteiger partial charge in [-0.05, 0) is 49.9 Å². The Morgan fingerprint density at radius 3 is 1.62 bits per heavy atom. The Labute approximate surface area is 253 Å². The van der Waals surface area contributed by atoms with Gasteiger partial charge in [-0.15, -0.1) is 0 Å². The number of amides is 1. The quantitative estimate of drug-likeness (QED) is 0.0898. The summed E-state index contributed by atoms with van der Waals surface area (Å²) in [5.74, 6) is -0.605. The molecule has 2 aromatic carbocycles. The molecule has 0 aliphatic carbocycles. The van der Waals surface area contributed by atoms with Gasteiger partial charge < -0.3 is 10.0 Å². The van der Waals surface area contributed by atoms with Gasteiger partial charge in [0.1, 0.15) is 11.6 Å². The first-order valence-corrected chi connectivity index (χ1v) is 14.3. The molecule has 0 atom stereocenters. The molecule has 236 valence electrons. The summed E-state index contributed by atoms with van der Waals surface area (Å²) in [6, 6.07) is 19.5. The van der Waals surface area contributed by atoms with Gasteiger partial charge in [0.2, 0.25) is 5.91 Å². The number of rotatable bonds is 20. The van der Waals surface area contributed by atoms with Crippen molar-refractivity contribution in [3.05, 3.63) is 71.8 Å². The second-order valence-corrected chi connectivity index (χ2v) is 9.94. The summed E-state index contributed by atoms with van der Waals surface area (Å²) in [6.07, 6.45) is 7.75. The van der Waals surface area contributed by atoms with Crippen molar-refractivity contribution < 1.29 is 29.5 Å². The topological polar surface area (TPSA) is 124 Å². The van der Waals surface area contributed by atoms with Crippen LogP contribution in [-0.4, -0.2) is 58.3 Å². The number of carbonyl (C=O) groups is 4. The number of nitrogens with one attached hydrogen (secondary N) is 1. The van der Waals surface area contributed by atoms with E-state index in [2.05, 4.69) is 11.8 Å². The van der Waals surface area contributed by atoms with Gasteiger partial charge in [0, 0.05) is 45.1 Å². The first-order valence-electron chi connectivity index (χ1n) is 14.3. The zero-order valence-electron chi connectivity index (χ0n) is 23.9. The fourth-order valence-corrected chi connectivity index (χ4v) is 4.23. The summed E-state index contributed by atoms with van der Waals surface area (Å²) < 4.78 is 0. The maximum absolute atomic E-state index is 12.0. The Morgan fingerprint density at radius 1 is 0.643 bits per heavy atom. The number of nitrogens with zero attached hydrogens (tertiary/aromatic N) is 1. The molecule has 0 unspecified atom stereocenters. The number of aliphatic carboxylic acids is 1. The van der Waals surface area contributed by atoms with E-state index in [1.54, 1.807) is 5.48 Å². The SMILES string of the molecule is C.C.CCCN(CCCC(=O)NO)CCC(=O)Cc1ccccc1.O=C(O)CCCCCCC(=O)Cc1ccccc1. The van der Waals surface area contributed by atoms with Crippen molar-refractivity contribution in [3.8, 4) is 0 Å². The molecule has 0 bridgehead atoms. The first kappa shape index (κ1) is 40.8. The Morgan fingerprint density at radius 2 is 1.14 bits per heavy atom. The van der Waals surface area contributed by atoms with Crippen molar-refractivity contribution in [2.75, 3.05) is 19.6 Å². The van der Waals surface area contributed by atoms with Crippen LogP contribution in [-0.2, 0) is 32.0 Å². The highest BCUT2D eigenvalue weighted by molar-refractivity contribution is 5.81. The fraction of sp³-hybridized carbons (Fsp3) is 0.529. The highest BCUT2D eigenvalue weighted by Crippen LogP contribution is 2.09. The molecule has 42 heavy (non-hydrogen) atoms. The van der Waals surface area contributed by atoms with Crippen LogP contribution < -0.4 is 5.48 Å². The number of carboxylic acid groups (broad SMARTS) is 1. The summed E-state index contributed by atoms with van der Waals surface area (Å²) in [7, 11) is 0. The number of benzene rings is 2. The lowest BCUT2D eigenvalue weighted by Crippen LogP contribution is -2.29. The van der Waals surface area contributed by atoms with E-state index >= 15 is 0 Å². The molecular formula is C34H54N2O6. The molecule has 0 saturated heterocycles. The second-order valence-electron chi connectivity index (χ2n) is 9.94. The molecule has 8 heteroatoms. The molecular weight excluding hydrogens is 532 g/mol. The maximum atomic E-state index is 12.0. The molecule has 8 nitrogen and oxygen atoms in total. The van der Waals surface area contributed by atoms with Crippen LogP contribution in [0.2, 0.25) is 0 Å². The third-order valence-electron chi connectivity index (χ3n) is 6.33. The summed E-state index contributed by atoms with van der Waals surface area (Å²) in [4.78, 5) is 47.2.